The van der Waals surface area contributed by atoms with Crippen molar-refractivity contribution in [3.8, 4) is 17.0 Å². The van der Waals surface area contributed by atoms with Gasteiger partial charge in [0.1, 0.15) is 11.4 Å². The highest BCUT2D eigenvalue weighted by Crippen LogP contribution is 2.34. The zero-order valence-electron chi connectivity index (χ0n) is 15.1. The zero-order chi connectivity index (χ0) is 19.7. The lowest BCUT2D eigenvalue weighted by molar-refractivity contribution is 0.0690. The van der Waals surface area contributed by atoms with E-state index in [9.17, 15) is 9.90 Å². The number of pyridine rings is 1. The molecule has 0 aliphatic rings. The van der Waals surface area contributed by atoms with Gasteiger partial charge in [-0.1, -0.05) is 35.9 Å². The molecule has 4 aromatic rings. The first-order valence-electron chi connectivity index (χ1n) is 8.69. The third-order valence-corrected chi connectivity index (χ3v) is 4.85. The number of methoxy groups -OCH3 is 1. The van der Waals surface area contributed by atoms with Crippen molar-refractivity contribution < 1.29 is 14.6 Å². The summed E-state index contributed by atoms with van der Waals surface area (Å²) in [6.45, 7) is 0. The van der Waals surface area contributed by atoms with Crippen molar-refractivity contribution in [2.45, 2.75) is 6.42 Å². The van der Waals surface area contributed by atoms with Crippen molar-refractivity contribution in [3.05, 3.63) is 82.6 Å². The fourth-order valence-corrected chi connectivity index (χ4v) is 3.49. The fourth-order valence-electron chi connectivity index (χ4n) is 3.31. The van der Waals surface area contributed by atoms with Gasteiger partial charge >= 0.3 is 5.97 Å². The second-order valence-electron chi connectivity index (χ2n) is 6.40. The number of aromatic amines is 1. The lowest BCUT2D eigenvalue weighted by Gasteiger charge is -2.08. The minimum absolute atomic E-state index is 0.0308. The largest absolute Gasteiger partial charge is 0.497 e. The molecule has 0 aliphatic carbocycles. The van der Waals surface area contributed by atoms with E-state index in [4.69, 9.17) is 16.3 Å². The maximum atomic E-state index is 11.3. The second-order valence-corrected chi connectivity index (χ2v) is 6.83. The van der Waals surface area contributed by atoms with Gasteiger partial charge in [0.05, 0.1) is 12.8 Å². The van der Waals surface area contributed by atoms with E-state index in [-0.39, 0.29) is 5.69 Å². The number of carboxylic acid groups (broad SMARTS) is 1. The first kappa shape index (κ1) is 18.1. The average molecular weight is 393 g/mol. The molecule has 0 unspecified atom stereocenters. The molecule has 0 bridgehead atoms. The van der Waals surface area contributed by atoms with Gasteiger partial charge in [-0.05, 0) is 42.0 Å². The molecule has 140 valence electrons. The predicted molar refractivity (Wildman–Crippen MR) is 109 cm³/mol. The smallest absolute Gasteiger partial charge is 0.354 e. The Bertz CT molecular complexity index is 1180. The van der Waals surface area contributed by atoms with Crippen LogP contribution in [0.15, 0.2) is 60.7 Å². The van der Waals surface area contributed by atoms with Gasteiger partial charge < -0.3 is 14.8 Å². The van der Waals surface area contributed by atoms with E-state index in [1.54, 1.807) is 13.2 Å². The number of aromatic carboxylic acids is 1. The molecule has 6 heteroatoms. The number of halogens is 1. The summed E-state index contributed by atoms with van der Waals surface area (Å²) in [4.78, 5) is 19.0. The molecule has 2 aromatic carbocycles. The van der Waals surface area contributed by atoms with Crippen molar-refractivity contribution in [2.75, 3.05) is 7.11 Å². The lowest BCUT2D eigenvalue weighted by atomic mass is 10.0. The molecule has 0 amide bonds. The number of H-pyrrole nitrogens is 1. The summed E-state index contributed by atoms with van der Waals surface area (Å²) in [5.41, 5.74) is 4.54. The minimum atomic E-state index is -1.04. The Kier molecular flexibility index (Phi) is 4.75. The molecular formula is C22H17ClN2O3. The maximum absolute atomic E-state index is 11.3. The lowest BCUT2D eigenvalue weighted by Crippen LogP contribution is -2.03. The van der Waals surface area contributed by atoms with Gasteiger partial charge in [0.2, 0.25) is 0 Å². The Morgan fingerprint density at radius 2 is 1.96 bits per heavy atom. The van der Waals surface area contributed by atoms with E-state index in [0.29, 0.717) is 17.1 Å². The third-order valence-electron chi connectivity index (χ3n) is 4.61. The van der Waals surface area contributed by atoms with Gasteiger partial charge in [-0.15, -0.1) is 0 Å². The van der Waals surface area contributed by atoms with Crippen LogP contribution in [0.4, 0.5) is 0 Å². The highest BCUT2D eigenvalue weighted by molar-refractivity contribution is 6.31. The first-order valence-corrected chi connectivity index (χ1v) is 9.06. The monoisotopic (exact) mass is 392 g/mol. The van der Waals surface area contributed by atoms with Gasteiger partial charge in [0.15, 0.2) is 0 Å². The van der Waals surface area contributed by atoms with Gasteiger partial charge in [-0.3, -0.25) is 0 Å². The Hall–Kier alpha value is -3.31. The van der Waals surface area contributed by atoms with E-state index in [1.165, 1.54) is 6.07 Å². The number of carboxylic acids is 1. The van der Waals surface area contributed by atoms with Gasteiger partial charge in [0, 0.05) is 33.6 Å². The number of carbonyl (C=O) groups is 1. The predicted octanol–water partition coefficient (Wildman–Crippen LogP) is 5.18. The van der Waals surface area contributed by atoms with Crippen molar-refractivity contribution in [1.82, 2.24) is 9.97 Å². The van der Waals surface area contributed by atoms with Crippen molar-refractivity contribution in [3.63, 3.8) is 0 Å². The molecule has 28 heavy (non-hydrogen) atoms. The summed E-state index contributed by atoms with van der Waals surface area (Å²) in [5, 5.41) is 10.9. The second kappa shape index (κ2) is 7.37. The molecule has 0 radical (unpaired) electrons. The molecule has 2 heterocycles. The molecule has 0 aliphatic heterocycles. The van der Waals surface area contributed by atoms with Crippen LogP contribution in [0.25, 0.3) is 22.2 Å². The van der Waals surface area contributed by atoms with Crippen LogP contribution in [0, 0.1) is 0 Å². The van der Waals surface area contributed by atoms with Crippen LogP contribution >= 0.6 is 11.6 Å². The Balaban J connectivity index is 1.88. The number of rotatable bonds is 5. The Labute approximate surface area is 166 Å². The SMILES string of the molecule is COc1cccc(-c2[nH]c3cc(Cl)ccc3c2Cc2cccc(C(=O)O)n2)c1. The fraction of sp³-hybridized carbons (Fsp3) is 0.0909. The van der Waals surface area contributed by atoms with Crippen LogP contribution in [0.5, 0.6) is 5.75 Å². The van der Waals surface area contributed by atoms with Gasteiger partial charge in [-0.2, -0.15) is 0 Å². The van der Waals surface area contributed by atoms with E-state index >= 15 is 0 Å². The van der Waals surface area contributed by atoms with Crippen molar-refractivity contribution in [2.24, 2.45) is 0 Å². The number of aromatic nitrogens is 2. The zero-order valence-corrected chi connectivity index (χ0v) is 15.8. The van der Waals surface area contributed by atoms with Crippen LogP contribution in [0.2, 0.25) is 5.02 Å². The highest BCUT2D eigenvalue weighted by atomic mass is 35.5. The molecule has 0 fully saturated rings. The maximum Gasteiger partial charge on any atom is 0.354 e. The van der Waals surface area contributed by atoms with E-state index in [2.05, 4.69) is 9.97 Å². The summed E-state index contributed by atoms with van der Waals surface area (Å²) >= 11 is 6.17. The van der Waals surface area contributed by atoms with Crippen molar-refractivity contribution in [1.29, 1.82) is 0 Å². The number of ether oxygens (including phenoxy) is 1. The number of hydrogen-bond donors (Lipinski definition) is 2. The standard InChI is InChI=1S/C22H17ClN2O3/c1-28-16-6-2-4-13(10-16)21-18(17-9-8-14(23)11-20(17)25-21)12-15-5-3-7-19(24-15)22(26)27/h2-11,25H,12H2,1H3,(H,26,27). The Morgan fingerprint density at radius 3 is 2.75 bits per heavy atom. The topological polar surface area (TPSA) is 75.2 Å². The summed E-state index contributed by atoms with van der Waals surface area (Å²) in [7, 11) is 1.63. The molecule has 0 atom stereocenters. The Morgan fingerprint density at radius 1 is 1.14 bits per heavy atom. The molecule has 2 N–H and O–H groups in total. The van der Waals surface area contributed by atoms with Gasteiger partial charge in [-0.25, -0.2) is 9.78 Å². The third kappa shape index (κ3) is 3.44. The number of benzene rings is 2. The molecule has 0 saturated heterocycles. The van der Waals surface area contributed by atoms with E-state index in [0.717, 1.165) is 33.5 Å². The van der Waals surface area contributed by atoms with Crippen LogP contribution in [0.3, 0.4) is 0 Å². The number of nitrogens with one attached hydrogen (secondary N) is 1. The molecule has 0 spiro atoms. The molecular weight excluding hydrogens is 376 g/mol. The van der Waals surface area contributed by atoms with E-state index in [1.807, 2.05) is 48.5 Å². The summed E-state index contributed by atoms with van der Waals surface area (Å²) in [6, 6.07) is 18.5. The normalized spacial score (nSPS) is 10.9. The number of fused-ring (bicyclic) bond motifs is 1. The molecule has 4 rings (SSSR count). The number of nitrogens with zero attached hydrogens (tertiary/aromatic N) is 1. The number of hydrogen-bond acceptors (Lipinski definition) is 3. The van der Waals surface area contributed by atoms with Crippen molar-refractivity contribution >= 4 is 28.5 Å². The highest BCUT2D eigenvalue weighted by Gasteiger charge is 2.16. The van der Waals surface area contributed by atoms with Crippen LogP contribution < -0.4 is 4.74 Å². The minimum Gasteiger partial charge on any atom is -0.497 e. The summed E-state index contributed by atoms with van der Waals surface area (Å²) < 4.78 is 5.36. The van der Waals surface area contributed by atoms with Crippen LogP contribution in [-0.4, -0.2) is 28.2 Å². The van der Waals surface area contributed by atoms with Crippen LogP contribution in [0.1, 0.15) is 21.7 Å². The summed E-state index contributed by atoms with van der Waals surface area (Å²) in [5.74, 6) is -0.285. The molecule has 0 saturated carbocycles. The first-order chi connectivity index (χ1) is 13.5. The molecule has 5 nitrogen and oxygen atoms in total. The molecule has 2 aromatic heterocycles. The summed E-state index contributed by atoms with van der Waals surface area (Å²) in [6.07, 6.45) is 0.481. The van der Waals surface area contributed by atoms with Crippen LogP contribution in [-0.2, 0) is 6.42 Å². The van der Waals surface area contributed by atoms with Gasteiger partial charge in [0.25, 0.3) is 0 Å². The quantitative estimate of drug-likeness (QED) is 0.490. The average Bonchev–Trinajstić information content (AvgIpc) is 3.05. The van der Waals surface area contributed by atoms with E-state index < -0.39 is 5.97 Å².